The van der Waals surface area contributed by atoms with Crippen LogP contribution in [-0.4, -0.2) is 0 Å². The van der Waals surface area contributed by atoms with Crippen molar-refractivity contribution in [3.05, 3.63) is 76.9 Å². The molecule has 0 nitrogen and oxygen atoms in total. The predicted octanol–water partition coefficient (Wildman–Crippen LogP) is 4.63. The average molecular weight is 220 g/mol. The average Bonchev–Trinajstić information content (AvgIpc) is 2.78. The summed E-state index contributed by atoms with van der Waals surface area (Å²) in [4.78, 5) is 0. The highest BCUT2D eigenvalue weighted by Crippen LogP contribution is 2.41. The second-order valence-electron chi connectivity index (χ2n) is 4.55. The van der Waals surface area contributed by atoms with E-state index in [2.05, 4.69) is 67.6 Å². The Morgan fingerprint density at radius 3 is 2.35 bits per heavy atom. The third kappa shape index (κ3) is 1.70. The maximum Gasteiger partial charge on any atom is 0.0308 e. The minimum atomic E-state index is 0.470. The lowest BCUT2D eigenvalue weighted by Crippen LogP contribution is -2.00. The fourth-order valence-corrected chi connectivity index (χ4v) is 2.73. The molecule has 0 aliphatic heterocycles. The predicted molar refractivity (Wildman–Crippen MR) is 73.0 cm³/mol. The molecule has 17 heavy (non-hydrogen) atoms. The third-order valence-corrected chi connectivity index (χ3v) is 3.56. The highest BCUT2D eigenvalue weighted by molar-refractivity contribution is 5.69. The minimum absolute atomic E-state index is 0.470. The molecule has 1 aliphatic rings. The Morgan fingerprint density at radius 2 is 1.59 bits per heavy atom. The van der Waals surface area contributed by atoms with Crippen LogP contribution in [0.4, 0.5) is 0 Å². The summed E-state index contributed by atoms with van der Waals surface area (Å²) < 4.78 is 0. The number of hydrogen-bond donors (Lipinski definition) is 0. The molecule has 0 heterocycles. The van der Waals surface area contributed by atoms with Crippen molar-refractivity contribution < 1.29 is 0 Å². The zero-order valence-electron chi connectivity index (χ0n) is 10.1. The van der Waals surface area contributed by atoms with Crippen molar-refractivity contribution in [2.75, 3.05) is 0 Å². The molecule has 0 saturated heterocycles. The summed E-state index contributed by atoms with van der Waals surface area (Å²) in [6, 6.07) is 19.5. The van der Waals surface area contributed by atoms with E-state index in [-0.39, 0.29) is 0 Å². The van der Waals surface area contributed by atoms with Gasteiger partial charge in [0.25, 0.3) is 0 Å². The molecule has 1 aliphatic carbocycles. The second-order valence-corrected chi connectivity index (χ2v) is 4.55. The first-order valence-electron chi connectivity index (χ1n) is 6.24. The van der Waals surface area contributed by atoms with E-state index in [4.69, 9.17) is 0 Å². The van der Waals surface area contributed by atoms with Crippen LogP contribution in [0.15, 0.2) is 60.2 Å². The van der Waals surface area contributed by atoms with Gasteiger partial charge in [-0.25, -0.2) is 0 Å². The third-order valence-electron chi connectivity index (χ3n) is 3.56. The van der Waals surface area contributed by atoms with Crippen molar-refractivity contribution in [2.24, 2.45) is 0 Å². The van der Waals surface area contributed by atoms with Crippen LogP contribution in [0.25, 0.3) is 6.08 Å². The molecular weight excluding hydrogens is 204 g/mol. The van der Waals surface area contributed by atoms with Crippen LogP contribution >= 0.6 is 0 Å². The molecule has 3 rings (SSSR count). The van der Waals surface area contributed by atoms with Crippen LogP contribution in [-0.2, 0) is 0 Å². The summed E-state index contributed by atoms with van der Waals surface area (Å²) in [5.41, 5.74) is 5.77. The van der Waals surface area contributed by atoms with Gasteiger partial charge in [0, 0.05) is 5.92 Å². The molecule has 0 amide bonds. The van der Waals surface area contributed by atoms with Gasteiger partial charge in [0.15, 0.2) is 0 Å². The van der Waals surface area contributed by atoms with Crippen molar-refractivity contribution in [1.29, 1.82) is 0 Å². The fourth-order valence-electron chi connectivity index (χ4n) is 2.73. The Kier molecular flexibility index (Phi) is 2.56. The van der Waals surface area contributed by atoms with Crippen molar-refractivity contribution in [2.45, 2.75) is 19.3 Å². The standard InChI is InChI=1S/C17H16/c1-2-13-12-15-10-6-7-11-16(15)17(13)14-8-4-3-5-9-14/h3-12,17H,2H2,1H3. The topological polar surface area (TPSA) is 0 Å². The molecule has 84 valence electrons. The van der Waals surface area contributed by atoms with Crippen molar-refractivity contribution in [3.63, 3.8) is 0 Å². The van der Waals surface area contributed by atoms with Crippen molar-refractivity contribution in [3.8, 4) is 0 Å². The Hall–Kier alpha value is -1.82. The van der Waals surface area contributed by atoms with E-state index in [1.807, 2.05) is 0 Å². The van der Waals surface area contributed by atoms with E-state index in [0.717, 1.165) is 6.42 Å². The van der Waals surface area contributed by atoms with Gasteiger partial charge in [-0.15, -0.1) is 0 Å². The van der Waals surface area contributed by atoms with Gasteiger partial charge >= 0.3 is 0 Å². The fraction of sp³-hybridized carbons (Fsp3) is 0.176. The summed E-state index contributed by atoms with van der Waals surface area (Å²) in [7, 11) is 0. The van der Waals surface area contributed by atoms with E-state index >= 15 is 0 Å². The Balaban J connectivity index is 2.13. The van der Waals surface area contributed by atoms with Gasteiger partial charge in [-0.3, -0.25) is 0 Å². The number of benzene rings is 2. The molecule has 0 radical (unpaired) electrons. The lowest BCUT2D eigenvalue weighted by Gasteiger charge is -2.16. The highest BCUT2D eigenvalue weighted by Gasteiger charge is 2.24. The van der Waals surface area contributed by atoms with Gasteiger partial charge < -0.3 is 0 Å². The van der Waals surface area contributed by atoms with Gasteiger partial charge in [0.05, 0.1) is 0 Å². The van der Waals surface area contributed by atoms with E-state index in [1.165, 1.54) is 22.3 Å². The quantitative estimate of drug-likeness (QED) is 0.692. The van der Waals surface area contributed by atoms with Gasteiger partial charge in [-0.2, -0.15) is 0 Å². The summed E-state index contributed by atoms with van der Waals surface area (Å²) in [5.74, 6) is 0.470. The summed E-state index contributed by atoms with van der Waals surface area (Å²) in [6.45, 7) is 2.24. The second kappa shape index (κ2) is 4.21. The molecule has 0 fully saturated rings. The SMILES string of the molecule is CCC1=Cc2ccccc2C1c1ccccc1. The van der Waals surface area contributed by atoms with E-state index < -0.39 is 0 Å². The molecule has 2 aromatic carbocycles. The van der Waals surface area contributed by atoms with Gasteiger partial charge in [-0.1, -0.05) is 73.2 Å². The molecule has 0 aromatic heterocycles. The Morgan fingerprint density at radius 1 is 0.882 bits per heavy atom. The Bertz CT molecular complexity index is 549. The van der Waals surface area contributed by atoms with Gasteiger partial charge in [-0.05, 0) is 23.1 Å². The van der Waals surface area contributed by atoms with Crippen molar-refractivity contribution >= 4 is 6.08 Å². The van der Waals surface area contributed by atoms with Crippen LogP contribution in [0, 0.1) is 0 Å². The molecular formula is C17H16. The van der Waals surface area contributed by atoms with Crippen molar-refractivity contribution in [1.82, 2.24) is 0 Å². The molecule has 2 aromatic rings. The number of allylic oxidation sites excluding steroid dienone is 1. The van der Waals surface area contributed by atoms with E-state index in [1.54, 1.807) is 0 Å². The summed E-state index contributed by atoms with van der Waals surface area (Å²) in [5, 5.41) is 0. The van der Waals surface area contributed by atoms with Crippen LogP contribution in [0.3, 0.4) is 0 Å². The molecule has 0 bridgehead atoms. The molecule has 1 unspecified atom stereocenters. The van der Waals surface area contributed by atoms with E-state index in [9.17, 15) is 0 Å². The summed E-state index contributed by atoms with van der Waals surface area (Å²) in [6.07, 6.45) is 3.47. The first kappa shape index (κ1) is 10.3. The van der Waals surface area contributed by atoms with Crippen LogP contribution < -0.4 is 0 Å². The van der Waals surface area contributed by atoms with E-state index in [0.29, 0.717) is 5.92 Å². The molecule has 0 saturated carbocycles. The smallest absolute Gasteiger partial charge is 0.0308 e. The first-order valence-corrected chi connectivity index (χ1v) is 6.24. The van der Waals surface area contributed by atoms with Gasteiger partial charge in [0.1, 0.15) is 0 Å². The van der Waals surface area contributed by atoms with Crippen LogP contribution in [0.1, 0.15) is 36.0 Å². The minimum Gasteiger partial charge on any atom is -0.0622 e. The lowest BCUT2D eigenvalue weighted by atomic mass is 9.87. The molecule has 1 atom stereocenters. The number of fused-ring (bicyclic) bond motifs is 1. The lowest BCUT2D eigenvalue weighted by molar-refractivity contribution is 0.908. The maximum atomic E-state index is 2.35. The monoisotopic (exact) mass is 220 g/mol. The number of rotatable bonds is 2. The van der Waals surface area contributed by atoms with Gasteiger partial charge in [0.2, 0.25) is 0 Å². The maximum absolute atomic E-state index is 2.35. The van der Waals surface area contributed by atoms with Crippen LogP contribution in [0.5, 0.6) is 0 Å². The summed E-state index contributed by atoms with van der Waals surface area (Å²) >= 11 is 0. The largest absolute Gasteiger partial charge is 0.0622 e. The highest BCUT2D eigenvalue weighted by atomic mass is 14.3. The molecule has 0 spiro atoms. The number of hydrogen-bond acceptors (Lipinski definition) is 0. The zero-order chi connectivity index (χ0) is 11.7. The Labute approximate surface area is 103 Å². The zero-order valence-corrected chi connectivity index (χ0v) is 10.1. The molecule has 0 N–H and O–H groups in total. The molecule has 0 heteroatoms. The first-order chi connectivity index (χ1) is 8.40. The normalized spacial score (nSPS) is 17.7. The van der Waals surface area contributed by atoms with Crippen LogP contribution in [0.2, 0.25) is 0 Å².